The molecule has 94 valence electrons. The van der Waals surface area contributed by atoms with Gasteiger partial charge in [-0.2, -0.15) is 4.68 Å². The van der Waals surface area contributed by atoms with Crippen LogP contribution in [0.25, 0.3) is 5.69 Å². The number of amides is 1. The summed E-state index contributed by atoms with van der Waals surface area (Å²) in [5.74, 6) is -0.113. The first-order valence-electron chi connectivity index (χ1n) is 5.41. The summed E-state index contributed by atoms with van der Waals surface area (Å²) in [7, 11) is 0. The first-order chi connectivity index (χ1) is 8.72. The molecule has 1 atom stereocenters. The Morgan fingerprint density at radius 3 is 2.94 bits per heavy atom. The van der Waals surface area contributed by atoms with Gasteiger partial charge in [0.05, 0.1) is 11.4 Å². The van der Waals surface area contributed by atoms with Crippen molar-refractivity contribution in [3.8, 4) is 5.69 Å². The number of carbonyl (C=O) groups is 1. The van der Waals surface area contributed by atoms with Crippen molar-refractivity contribution < 1.29 is 4.79 Å². The van der Waals surface area contributed by atoms with Gasteiger partial charge in [0.25, 0.3) is 0 Å². The van der Waals surface area contributed by atoms with E-state index in [1.54, 1.807) is 13.0 Å². The van der Waals surface area contributed by atoms with Gasteiger partial charge in [-0.25, -0.2) is 0 Å². The number of anilines is 1. The van der Waals surface area contributed by atoms with Gasteiger partial charge >= 0.3 is 0 Å². The zero-order chi connectivity index (χ0) is 13.0. The van der Waals surface area contributed by atoms with Gasteiger partial charge < -0.3 is 5.32 Å². The van der Waals surface area contributed by atoms with Crippen molar-refractivity contribution in [3.05, 3.63) is 30.6 Å². The number of rotatable bonds is 4. The highest BCUT2D eigenvalue weighted by atomic mass is 35.5. The molecule has 0 bridgehead atoms. The van der Waals surface area contributed by atoms with Crippen LogP contribution in [0.1, 0.15) is 6.92 Å². The number of aromatic nitrogens is 4. The van der Waals surface area contributed by atoms with Crippen molar-refractivity contribution in [3.63, 3.8) is 0 Å². The van der Waals surface area contributed by atoms with Crippen molar-refractivity contribution >= 4 is 23.2 Å². The summed E-state index contributed by atoms with van der Waals surface area (Å²) >= 11 is 5.65. The number of nitrogens with one attached hydrogen (secondary N) is 1. The molecule has 6 nitrogen and oxygen atoms in total. The van der Waals surface area contributed by atoms with E-state index in [1.807, 2.05) is 18.2 Å². The fourth-order valence-electron chi connectivity index (χ4n) is 1.38. The first-order valence-corrected chi connectivity index (χ1v) is 5.95. The minimum absolute atomic E-state index is 0.134. The van der Waals surface area contributed by atoms with Gasteiger partial charge in [0.2, 0.25) is 5.91 Å². The average molecular weight is 266 g/mol. The molecule has 1 aromatic heterocycles. The summed E-state index contributed by atoms with van der Waals surface area (Å²) in [6.45, 7) is 1.77. The number of nitrogens with zero attached hydrogens (tertiary/aromatic N) is 4. The second kappa shape index (κ2) is 5.59. The highest BCUT2D eigenvalue weighted by Gasteiger charge is 2.14. The summed E-state index contributed by atoms with van der Waals surface area (Å²) in [6, 6.07) is 7.28. The fraction of sp³-hybridized carbons (Fsp3) is 0.273. The maximum absolute atomic E-state index is 11.8. The van der Waals surface area contributed by atoms with Crippen molar-refractivity contribution in [1.29, 1.82) is 0 Å². The normalized spacial score (nSPS) is 12.1. The number of carbonyl (C=O) groups excluding carboxylic acids is 1. The summed E-state index contributed by atoms with van der Waals surface area (Å²) < 4.78 is 1.49. The smallest absolute Gasteiger partial charge is 0.228 e. The van der Waals surface area contributed by atoms with E-state index in [4.69, 9.17) is 11.6 Å². The molecule has 1 amide bonds. The predicted molar refractivity (Wildman–Crippen MR) is 67.7 cm³/mol. The summed E-state index contributed by atoms with van der Waals surface area (Å²) in [5, 5.41) is 13.7. The minimum atomic E-state index is -0.256. The molecule has 0 aliphatic heterocycles. The third-order valence-electron chi connectivity index (χ3n) is 2.44. The number of hydrogen-bond donors (Lipinski definition) is 1. The van der Waals surface area contributed by atoms with Crippen LogP contribution in [0.4, 0.5) is 5.69 Å². The summed E-state index contributed by atoms with van der Waals surface area (Å²) in [4.78, 5) is 11.8. The number of hydrogen-bond acceptors (Lipinski definition) is 4. The summed E-state index contributed by atoms with van der Waals surface area (Å²) in [6.07, 6.45) is 1.47. The van der Waals surface area contributed by atoms with Gasteiger partial charge in [0, 0.05) is 11.8 Å². The average Bonchev–Trinajstić information content (AvgIpc) is 2.92. The van der Waals surface area contributed by atoms with Crippen molar-refractivity contribution in [2.24, 2.45) is 5.92 Å². The molecular weight excluding hydrogens is 254 g/mol. The lowest BCUT2D eigenvalue weighted by Crippen LogP contribution is -2.22. The van der Waals surface area contributed by atoms with Crippen molar-refractivity contribution in [1.82, 2.24) is 20.2 Å². The lowest BCUT2D eigenvalue weighted by Gasteiger charge is -2.12. The van der Waals surface area contributed by atoms with E-state index in [2.05, 4.69) is 20.8 Å². The van der Waals surface area contributed by atoms with E-state index < -0.39 is 0 Å². The topological polar surface area (TPSA) is 72.7 Å². The standard InChI is InChI=1S/C11H12ClN5O/c1-8(6-12)11(18)14-9-4-2-3-5-10(9)17-7-13-15-16-17/h2-5,7-8H,6H2,1H3,(H,14,18). The van der Waals surface area contributed by atoms with Crippen LogP contribution >= 0.6 is 11.6 Å². The van der Waals surface area contributed by atoms with Crippen LogP contribution in [0.3, 0.4) is 0 Å². The third-order valence-corrected chi connectivity index (χ3v) is 2.90. The molecule has 0 fully saturated rings. The van der Waals surface area contributed by atoms with Crippen LogP contribution in [-0.4, -0.2) is 32.0 Å². The van der Waals surface area contributed by atoms with Crippen LogP contribution in [0, 0.1) is 5.92 Å². The van der Waals surface area contributed by atoms with E-state index in [0.29, 0.717) is 11.4 Å². The minimum Gasteiger partial charge on any atom is -0.324 e. The zero-order valence-corrected chi connectivity index (χ0v) is 10.5. The predicted octanol–water partition coefficient (Wildman–Crippen LogP) is 1.48. The molecule has 0 radical (unpaired) electrons. The molecule has 0 saturated heterocycles. The van der Waals surface area contributed by atoms with Gasteiger partial charge in [0.15, 0.2) is 0 Å². The van der Waals surface area contributed by atoms with Crippen molar-refractivity contribution in [2.75, 3.05) is 11.2 Å². The van der Waals surface area contributed by atoms with Gasteiger partial charge in [0.1, 0.15) is 6.33 Å². The number of benzene rings is 1. The van der Waals surface area contributed by atoms with Crippen molar-refractivity contribution in [2.45, 2.75) is 6.92 Å². The molecule has 18 heavy (non-hydrogen) atoms. The van der Waals surface area contributed by atoms with E-state index in [0.717, 1.165) is 0 Å². The Morgan fingerprint density at radius 1 is 1.50 bits per heavy atom. The van der Waals surface area contributed by atoms with E-state index in [1.165, 1.54) is 11.0 Å². The maximum Gasteiger partial charge on any atom is 0.228 e. The molecule has 0 saturated carbocycles. The lowest BCUT2D eigenvalue weighted by molar-refractivity contribution is -0.118. The molecule has 1 heterocycles. The number of para-hydroxylation sites is 2. The molecule has 0 aliphatic carbocycles. The lowest BCUT2D eigenvalue weighted by atomic mass is 10.2. The molecule has 7 heteroatoms. The second-order valence-electron chi connectivity index (χ2n) is 3.82. The molecular formula is C11H12ClN5O. The Hall–Kier alpha value is -1.95. The van der Waals surface area contributed by atoms with E-state index >= 15 is 0 Å². The first kappa shape index (κ1) is 12.5. The van der Waals surface area contributed by atoms with E-state index in [9.17, 15) is 4.79 Å². The fourth-order valence-corrected chi connectivity index (χ4v) is 1.52. The zero-order valence-electron chi connectivity index (χ0n) is 9.75. The van der Waals surface area contributed by atoms with Gasteiger partial charge in [-0.1, -0.05) is 19.1 Å². The van der Waals surface area contributed by atoms with Gasteiger partial charge in [-0.3, -0.25) is 4.79 Å². The highest BCUT2D eigenvalue weighted by Crippen LogP contribution is 2.19. The SMILES string of the molecule is CC(CCl)C(=O)Nc1ccccc1-n1cnnn1. The number of halogens is 1. The number of alkyl halides is 1. The maximum atomic E-state index is 11.8. The molecule has 2 aromatic rings. The van der Waals surface area contributed by atoms with Crippen LogP contribution < -0.4 is 5.32 Å². The van der Waals surface area contributed by atoms with Gasteiger partial charge in [-0.05, 0) is 22.6 Å². The molecule has 1 aromatic carbocycles. The third kappa shape index (κ3) is 2.65. The van der Waals surface area contributed by atoms with Crippen LogP contribution in [0.5, 0.6) is 0 Å². The monoisotopic (exact) mass is 265 g/mol. The summed E-state index contributed by atoms with van der Waals surface area (Å²) in [5.41, 5.74) is 1.35. The van der Waals surface area contributed by atoms with Crippen LogP contribution in [-0.2, 0) is 4.79 Å². The molecule has 1 unspecified atom stereocenters. The molecule has 1 N–H and O–H groups in total. The molecule has 0 aliphatic rings. The Morgan fingerprint density at radius 2 is 2.28 bits per heavy atom. The Labute approximate surface area is 109 Å². The number of tetrazole rings is 1. The van der Waals surface area contributed by atoms with E-state index in [-0.39, 0.29) is 17.7 Å². The van der Waals surface area contributed by atoms with Crippen LogP contribution in [0.2, 0.25) is 0 Å². The van der Waals surface area contributed by atoms with Gasteiger partial charge in [-0.15, -0.1) is 16.7 Å². The Bertz CT molecular complexity index is 528. The largest absolute Gasteiger partial charge is 0.324 e. The highest BCUT2D eigenvalue weighted by molar-refractivity contribution is 6.19. The quantitative estimate of drug-likeness (QED) is 0.850. The van der Waals surface area contributed by atoms with Crippen LogP contribution in [0.15, 0.2) is 30.6 Å². The second-order valence-corrected chi connectivity index (χ2v) is 4.12. The molecule has 0 spiro atoms. The Balaban J connectivity index is 2.26. The Kier molecular flexibility index (Phi) is 3.88. The molecule has 2 rings (SSSR count).